The maximum Gasteiger partial charge on any atom is 3.00 e. The van der Waals surface area contributed by atoms with Crippen molar-refractivity contribution in [1.82, 2.24) is 4.90 Å². The standard InChI is InChI=1S/C20H22N5O2.Y/c1-14-3-6-18(15(2)11-14)25-9-7-24(8-10-25)13-20(27)17-5-4-16(22-23-21)12-19(17)26;/h3-5,11-12,26H,7-10,13H2,1-2H3;/q-1;+3. The number of rotatable bonds is 5. The van der Waals surface area contributed by atoms with Gasteiger partial charge >= 0.3 is 32.7 Å². The quantitative estimate of drug-likeness (QED) is 0.245. The van der Waals surface area contributed by atoms with Crippen LogP contribution in [0.25, 0.3) is 10.4 Å². The topological polar surface area (TPSA) is 92.5 Å². The second kappa shape index (κ2) is 10.0. The monoisotopic (exact) mass is 453 g/mol. The molecule has 1 saturated heterocycles. The van der Waals surface area contributed by atoms with Crippen LogP contribution in [0.15, 0.2) is 35.4 Å². The third-order valence-electron chi connectivity index (χ3n) is 4.75. The van der Waals surface area contributed by atoms with Crippen LogP contribution in [-0.2, 0) is 32.7 Å². The summed E-state index contributed by atoms with van der Waals surface area (Å²) in [4.78, 5) is 19.6. The number of hydrogen-bond donors (Lipinski definition) is 1. The van der Waals surface area contributed by atoms with Crippen molar-refractivity contribution in [2.75, 3.05) is 37.6 Å². The average molecular weight is 453 g/mol. The van der Waals surface area contributed by atoms with Crippen molar-refractivity contribution in [3.8, 4) is 5.75 Å². The SMILES string of the molecule is Cc1c[c-]c(N2CCN(CC(=O)c3ccc(N=[N+]=[N-])cc3O)CC2)c(C)c1.[Y+3]. The minimum Gasteiger partial charge on any atom is -0.507 e. The van der Waals surface area contributed by atoms with Crippen LogP contribution in [0.1, 0.15) is 21.5 Å². The molecule has 140 valence electrons. The predicted octanol–water partition coefficient (Wildman–Crippen LogP) is 3.75. The van der Waals surface area contributed by atoms with E-state index in [2.05, 4.69) is 45.8 Å². The Morgan fingerprint density at radius 3 is 2.57 bits per heavy atom. The smallest absolute Gasteiger partial charge is 0.507 e. The number of anilines is 1. The molecule has 0 aromatic heterocycles. The van der Waals surface area contributed by atoms with Crippen LogP contribution >= 0.6 is 0 Å². The molecule has 1 aliphatic rings. The van der Waals surface area contributed by atoms with Crippen LogP contribution in [0.2, 0.25) is 0 Å². The molecule has 0 amide bonds. The van der Waals surface area contributed by atoms with E-state index >= 15 is 0 Å². The number of nitrogens with zero attached hydrogens (tertiary/aromatic N) is 5. The minimum atomic E-state index is -0.159. The fourth-order valence-electron chi connectivity index (χ4n) is 3.38. The Balaban J connectivity index is 0.00000280. The van der Waals surface area contributed by atoms with E-state index in [4.69, 9.17) is 5.53 Å². The van der Waals surface area contributed by atoms with Crippen molar-refractivity contribution in [2.24, 2.45) is 5.11 Å². The van der Waals surface area contributed by atoms with Gasteiger partial charge in [-0.2, -0.15) is 23.8 Å². The van der Waals surface area contributed by atoms with Gasteiger partial charge in [-0.25, -0.2) is 0 Å². The summed E-state index contributed by atoms with van der Waals surface area (Å²) in [6, 6.07) is 11.8. The Labute approximate surface area is 189 Å². The number of aryl methyl sites for hydroxylation is 2. The molecule has 0 saturated carbocycles. The normalized spacial score (nSPS) is 14.1. The summed E-state index contributed by atoms with van der Waals surface area (Å²) in [6.45, 7) is 7.60. The predicted molar refractivity (Wildman–Crippen MR) is 105 cm³/mol. The second-order valence-corrected chi connectivity index (χ2v) is 6.79. The number of carbonyl (C=O) groups excluding carboxylic acids is 1. The summed E-state index contributed by atoms with van der Waals surface area (Å²) in [6.07, 6.45) is 0. The Hall–Kier alpha value is -1.92. The van der Waals surface area contributed by atoms with Crippen molar-refractivity contribution in [3.05, 3.63) is 63.5 Å². The molecule has 0 spiro atoms. The van der Waals surface area contributed by atoms with E-state index in [1.807, 2.05) is 6.07 Å². The second-order valence-electron chi connectivity index (χ2n) is 6.79. The Morgan fingerprint density at radius 2 is 1.96 bits per heavy atom. The van der Waals surface area contributed by atoms with Crippen molar-refractivity contribution in [2.45, 2.75) is 13.8 Å². The zero-order valence-corrected chi connectivity index (χ0v) is 18.9. The number of carbonyl (C=O) groups is 1. The molecule has 0 radical (unpaired) electrons. The van der Waals surface area contributed by atoms with Crippen LogP contribution in [0, 0.1) is 19.9 Å². The molecular weight excluding hydrogens is 431 g/mol. The summed E-state index contributed by atoms with van der Waals surface area (Å²) in [7, 11) is 0. The summed E-state index contributed by atoms with van der Waals surface area (Å²) in [5.74, 6) is -0.306. The number of Topliss-reactive ketones (excluding diaryl/α,β-unsaturated/α-hetero) is 1. The number of benzene rings is 2. The van der Waals surface area contributed by atoms with Crippen LogP contribution in [0.3, 0.4) is 0 Å². The van der Waals surface area contributed by atoms with Crippen LogP contribution in [0.4, 0.5) is 11.4 Å². The van der Waals surface area contributed by atoms with Gasteiger partial charge in [0.25, 0.3) is 0 Å². The first-order valence-electron chi connectivity index (χ1n) is 8.85. The Bertz CT molecular complexity index is 903. The number of ketones is 1. The van der Waals surface area contributed by atoms with E-state index in [0.717, 1.165) is 31.9 Å². The molecule has 2 aromatic carbocycles. The van der Waals surface area contributed by atoms with E-state index in [1.54, 1.807) is 0 Å². The van der Waals surface area contributed by atoms with E-state index in [0.29, 0.717) is 0 Å². The van der Waals surface area contributed by atoms with Gasteiger partial charge in [0.15, 0.2) is 5.78 Å². The maximum atomic E-state index is 12.5. The fourth-order valence-corrected chi connectivity index (χ4v) is 3.38. The molecule has 1 aliphatic heterocycles. The van der Waals surface area contributed by atoms with Crippen LogP contribution < -0.4 is 4.90 Å². The first-order chi connectivity index (χ1) is 13.0. The van der Waals surface area contributed by atoms with Crippen molar-refractivity contribution in [3.63, 3.8) is 0 Å². The van der Waals surface area contributed by atoms with Crippen molar-refractivity contribution in [1.29, 1.82) is 0 Å². The Kier molecular flexibility index (Phi) is 8.02. The maximum absolute atomic E-state index is 12.5. The summed E-state index contributed by atoms with van der Waals surface area (Å²) in [5.41, 5.74) is 12.5. The van der Waals surface area contributed by atoms with E-state index < -0.39 is 0 Å². The Morgan fingerprint density at radius 1 is 1.25 bits per heavy atom. The molecular formula is C20H22N5O2Y+2. The first kappa shape index (κ1) is 22.4. The first-order valence-corrected chi connectivity index (χ1v) is 8.85. The molecule has 1 heterocycles. The number of phenols is 1. The van der Waals surface area contributed by atoms with Gasteiger partial charge in [-0.15, -0.1) is 5.56 Å². The molecule has 1 N–H and O–H groups in total. The summed E-state index contributed by atoms with van der Waals surface area (Å²) >= 11 is 0. The van der Waals surface area contributed by atoms with Gasteiger partial charge in [0, 0.05) is 36.8 Å². The average Bonchev–Trinajstić information content (AvgIpc) is 2.63. The molecule has 28 heavy (non-hydrogen) atoms. The number of piperazine rings is 1. The van der Waals surface area contributed by atoms with Crippen LogP contribution in [0.5, 0.6) is 5.75 Å². The molecule has 2 aromatic rings. The minimum absolute atomic E-state index is 0. The van der Waals surface area contributed by atoms with Gasteiger partial charge in [0.2, 0.25) is 0 Å². The molecule has 0 atom stereocenters. The van der Waals surface area contributed by atoms with E-state index in [-0.39, 0.29) is 62.0 Å². The van der Waals surface area contributed by atoms with Gasteiger partial charge in [-0.3, -0.25) is 9.69 Å². The number of hydrogen-bond acceptors (Lipinski definition) is 5. The molecule has 3 rings (SSSR count). The summed E-state index contributed by atoms with van der Waals surface area (Å²) < 4.78 is 0. The van der Waals surface area contributed by atoms with Crippen LogP contribution in [-0.4, -0.2) is 48.5 Å². The zero-order valence-electron chi connectivity index (χ0n) is 16.1. The van der Waals surface area contributed by atoms with Crippen molar-refractivity contribution < 1.29 is 42.6 Å². The van der Waals surface area contributed by atoms with E-state index in [9.17, 15) is 9.90 Å². The van der Waals surface area contributed by atoms with Gasteiger partial charge in [0.1, 0.15) is 5.75 Å². The van der Waals surface area contributed by atoms with E-state index in [1.165, 1.54) is 29.3 Å². The van der Waals surface area contributed by atoms with Crippen molar-refractivity contribution >= 4 is 17.2 Å². The third kappa shape index (κ3) is 5.33. The molecule has 7 nitrogen and oxygen atoms in total. The molecule has 8 heteroatoms. The number of phenolic OH excluding ortho intramolecular Hbond substituents is 1. The third-order valence-corrected chi connectivity index (χ3v) is 4.75. The van der Waals surface area contributed by atoms with Gasteiger partial charge < -0.3 is 10.0 Å². The number of aromatic hydroxyl groups is 1. The van der Waals surface area contributed by atoms with Gasteiger partial charge in [-0.1, -0.05) is 30.7 Å². The summed E-state index contributed by atoms with van der Waals surface area (Å²) in [5, 5.41) is 13.5. The zero-order chi connectivity index (χ0) is 19.4. The molecule has 1 fully saturated rings. The van der Waals surface area contributed by atoms with Gasteiger partial charge in [0.05, 0.1) is 12.1 Å². The fraction of sp³-hybridized carbons (Fsp3) is 0.350. The largest absolute Gasteiger partial charge is 3.00 e. The molecule has 0 aliphatic carbocycles. The van der Waals surface area contributed by atoms with Gasteiger partial charge in [-0.05, 0) is 17.7 Å². The molecule has 0 unspecified atom stereocenters. The number of azide groups is 1. The molecule has 0 bridgehead atoms.